The third kappa shape index (κ3) is 1.68. The van der Waals surface area contributed by atoms with Crippen molar-refractivity contribution in [1.82, 2.24) is 0 Å². The highest BCUT2D eigenvalue weighted by atomic mass is 16.5. The average Bonchev–Trinajstić information content (AvgIpc) is 2.72. The number of carbonyl (C=O) groups is 1. The Bertz CT molecular complexity index is 559. The van der Waals surface area contributed by atoms with Crippen LogP contribution in [-0.2, 0) is 0 Å². The van der Waals surface area contributed by atoms with E-state index in [-0.39, 0.29) is 23.5 Å². The Kier molecular flexibility index (Phi) is 2.85. The normalized spacial score (nSPS) is 27.9. The number of fused-ring (bicyclic) bond motifs is 3. The molecule has 1 aromatic rings. The van der Waals surface area contributed by atoms with Gasteiger partial charge in [0.05, 0.1) is 19.8 Å². The maximum Gasteiger partial charge on any atom is 0.171 e. The summed E-state index contributed by atoms with van der Waals surface area (Å²) in [7, 11) is 3.24. The van der Waals surface area contributed by atoms with E-state index in [1.54, 1.807) is 20.3 Å². The van der Waals surface area contributed by atoms with Gasteiger partial charge in [0.2, 0.25) is 0 Å². The molecule has 1 aromatic carbocycles. The van der Waals surface area contributed by atoms with Crippen molar-refractivity contribution in [2.24, 2.45) is 11.8 Å². The summed E-state index contributed by atoms with van der Waals surface area (Å²) in [6, 6.07) is 3.79. The van der Waals surface area contributed by atoms with Gasteiger partial charge in [-0.15, -0.1) is 0 Å². The molecule has 0 aromatic heterocycles. The van der Waals surface area contributed by atoms with Gasteiger partial charge in [0.15, 0.2) is 5.78 Å². The average molecular weight is 258 g/mol. The zero-order valence-corrected chi connectivity index (χ0v) is 11.5. The molecule has 0 aliphatic heterocycles. The second-order valence-electron chi connectivity index (χ2n) is 5.31. The summed E-state index contributed by atoms with van der Waals surface area (Å²) in [6.45, 7) is 2.11. The van der Waals surface area contributed by atoms with Gasteiger partial charge in [-0.2, -0.15) is 0 Å². The number of ether oxygens (including phenoxy) is 2. The summed E-state index contributed by atoms with van der Waals surface area (Å²) in [4.78, 5) is 12.7. The molecule has 0 bridgehead atoms. The minimum absolute atomic E-state index is 0.0565. The second kappa shape index (κ2) is 4.41. The molecule has 100 valence electrons. The van der Waals surface area contributed by atoms with Gasteiger partial charge in [-0.3, -0.25) is 4.79 Å². The van der Waals surface area contributed by atoms with Crippen molar-refractivity contribution in [1.29, 1.82) is 0 Å². The van der Waals surface area contributed by atoms with Crippen LogP contribution in [-0.4, -0.2) is 20.0 Å². The lowest BCUT2D eigenvalue weighted by molar-refractivity contribution is 0.0890. The molecule has 3 heteroatoms. The molecule has 0 unspecified atom stereocenters. The third-order valence-corrected chi connectivity index (χ3v) is 4.34. The quantitative estimate of drug-likeness (QED) is 0.764. The zero-order chi connectivity index (χ0) is 13.6. The molecule has 19 heavy (non-hydrogen) atoms. The standard InChI is InChI=1S/C16H18O3/c1-9-5-4-6-11-12-7-10(18-2)8-13(19-3)15(12)16(17)14(9)11/h4-5,7-9,11,14H,6H2,1-3H3/t9-,11-,14-/m0/s1. The fourth-order valence-electron chi connectivity index (χ4n) is 3.43. The van der Waals surface area contributed by atoms with Gasteiger partial charge in [0.25, 0.3) is 0 Å². The zero-order valence-electron chi connectivity index (χ0n) is 11.5. The summed E-state index contributed by atoms with van der Waals surface area (Å²) < 4.78 is 10.7. The highest BCUT2D eigenvalue weighted by Crippen LogP contribution is 2.50. The second-order valence-corrected chi connectivity index (χ2v) is 5.31. The van der Waals surface area contributed by atoms with E-state index in [9.17, 15) is 4.79 Å². The van der Waals surface area contributed by atoms with Crippen molar-refractivity contribution in [3.8, 4) is 11.5 Å². The highest BCUT2D eigenvalue weighted by molar-refractivity contribution is 6.06. The van der Waals surface area contributed by atoms with Gasteiger partial charge in [0.1, 0.15) is 11.5 Å². The first-order chi connectivity index (χ1) is 9.17. The number of carbonyl (C=O) groups excluding carboxylic acids is 1. The van der Waals surface area contributed by atoms with Gasteiger partial charge in [-0.25, -0.2) is 0 Å². The van der Waals surface area contributed by atoms with E-state index in [0.717, 1.165) is 23.3 Å². The van der Waals surface area contributed by atoms with Crippen LogP contribution in [0, 0.1) is 11.8 Å². The Labute approximate surface area is 113 Å². The fraction of sp³-hybridized carbons (Fsp3) is 0.438. The Morgan fingerprint density at radius 1 is 1.21 bits per heavy atom. The largest absolute Gasteiger partial charge is 0.497 e. The molecule has 0 radical (unpaired) electrons. The predicted molar refractivity (Wildman–Crippen MR) is 73.0 cm³/mol. The smallest absolute Gasteiger partial charge is 0.171 e. The van der Waals surface area contributed by atoms with Crippen LogP contribution in [0.5, 0.6) is 11.5 Å². The van der Waals surface area contributed by atoms with Gasteiger partial charge >= 0.3 is 0 Å². The van der Waals surface area contributed by atoms with E-state index in [4.69, 9.17) is 9.47 Å². The van der Waals surface area contributed by atoms with Crippen molar-refractivity contribution in [3.63, 3.8) is 0 Å². The van der Waals surface area contributed by atoms with E-state index in [1.807, 2.05) is 6.07 Å². The Morgan fingerprint density at radius 3 is 2.68 bits per heavy atom. The minimum Gasteiger partial charge on any atom is -0.497 e. The van der Waals surface area contributed by atoms with Crippen molar-refractivity contribution >= 4 is 5.78 Å². The third-order valence-electron chi connectivity index (χ3n) is 4.34. The molecule has 0 saturated heterocycles. The van der Waals surface area contributed by atoms with E-state index in [1.165, 1.54) is 0 Å². The fourth-order valence-corrected chi connectivity index (χ4v) is 3.43. The van der Waals surface area contributed by atoms with Crippen LogP contribution in [0.2, 0.25) is 0 Å². The summed E-state index contributed by atoms with van der Waals surface area (Å²) in [5.74, 6) is 2.23. The van der Waals surface area contributed by atoms with Crippen LogP contribution < -0.4 is 9.47 Å². The van der Waals surface area contributed by atoms with Crippen LogP contribution in [0.25, 0.3) is 0 Å². The molecule has 0 N–H and O–H groups in total. The monoisotopic (exact) mass is 258 g/mol. The summed E-state index contributed by atoms with van der Waals surface area (Å²) in [5, 5.41) is 0. The number of benzene rings is 1. The number of methoxy groups -OCH3 is 2. The van der Waals surface area contributed by atoms with Crippen LogP contribution in [0.4, 0.5) is 0 Å². The van der Waals surface area contributed by atoms with Crippen molar-refractivity contribution in [2.45, 2.75) is 19.3 Å². The molecule has 3 nitrogen and oxygen atoms in total. The number of Topliss-reactive ketones (excluding diaryl/α,β-unsaturated/α-hetero) is 1. The van der Waals surface area contributed by atoms with E-state index in [0.29, 0.717) is 5.75 Å². The Morgan fingerprint density at radius 2 is 2.00 bits per heavy atom. The van der Waals surface area contributed by atoms with Gasteiger partial charge in [-0.05, 0) is 29.9 Å². The first-order valence-corrected chi connectivity index (χ1v) is 6.64. The highest BCUT2D eigenvalue weighted by Gasteiger charge is 2.44. The van der Waals surface area contributed by atoms with Crippen molar-refractivity contribution in [3.05, 3.63) is 35.4 Å². The molecule has 0 amide bonds. The topological polar surface area (TPSA) is 35.5 Å². The number of ketones is 1. The van der Waals surface area contributed by atoms with E-state index < -0.39 is 0 Å². The van der Waals surface area contributed by atoms with Crippen LogP contribution in [0.3, 0.4) is 0 Å². The first kappa shape index (κ1) is 12.3. The van der Waals surface area contributed by atoms with E-state index >= 15 is 0 Å². The number of hydrogen-bond acceptors (Lipinski definition) is 3. The number of hydrogen-bond donors (Lipinski definition) is 0. The lowest BCUT2D eigenvalue weighted by Crippen LogP contribution is -2.23. The lowest BCUT2D eigenvalue weighted by atomic mass is 9.77. The predicted octanol–water partition coefficient (Wildman–Crippen LogP) is 3.20. The lowest BCUT2D eigenvalue weighted by Gasteiger charge is -2.26. The minimum atomic E-state index is 0.0565. The summed E-state index contributed by atoms with van der Waals surface area (Å²) in [6.07, 6.45) is 5.25. The molecule has 0 heterocycles. The van der Waals surface area contributed by atoms with Crippen molar-refractivity contribution in [2.75, 3.05) is 14.2 Å². The Hall–Kier alpha value is -1.77. The molecule has 3 rings (SSSR count). The molecule has 0 spiro atoms. The van der Waals surface area contributed by atoms with Crippen molar-refractivity contribution < 1.29 is 14.3 Å². The van der Waals surface area contributed by atoms with Crippen LogP contribution >= 0.6 is 0 Å². The molecule has 2 aliphatic carbocycles. The number of allylic oxidation sites excluding steroid dienone is 2. The first-order valence-electron chi connectivity index (χ1n) is 6.64. The van der Waals surface area contributed by atoms with E-state index in [2.05, 4.69) is 19.1 Å². The maximum absolute atomic E-state index is 12.7. The SMILES string of the molecule is COc1cc(OC)c2c(c1)[C@@H]1CC=C[C@H](C)[C@@H]1C2=O. The molecular formula is C16H18O3. The van der Waals surface area contributed by atoms with Gasteiger partial charge in [-0.1, -0.05) is 19.1 Å². The molecule has 0 fully saturated rings. The summed E-state index contributed by atoms with van der Waals surface area (Å²) in [5.41, 5.74) is 1.84. The maximum atomic E-state index is 12.7. The van der Waals surface area contributed by atoms with Crippen LogP contribution in [0.1, 0.15) is 35.2 Å². The van der Waals surface area contributed by atoms with Gasteiger partial charge < -0.3 is 9.47 Å². The van der Waals surface area contributed by atoms with Gasteiger partial charge in [0, 0.05) is 12.0 Å². The number of rotatable bonds is 2. The molecule has 3 atom stereocenters. The molecular weight excluding hydrogens is 240 g/mol. The Balaban J connectivity index is 2.18. The summed E-state index contributed by atoms with van der Waals surface area (Å²) >= 11 is 0. The van der Waals surface area contributed by atoms with Crippen LogP contribution in [0.15, 0.2) is 24.3 Å². The molecule has 0 saturated carbocycles. The molecule has 2 aliphatic rings.